The fraction of sp³-hybridized carbons (Fsp3) is 0.458. The molecule has 0 aliphatic carbocycles. The number of hydrogen-bond donors (Lipinski definition) is 0. The van der Waals surface area contributed by atoms with Gasteiger partial charge in [-0.25, -0.2) is 9.37 Å². The minimum atomic E-state index is -1.76. The quantitative estimate of drug-likeness (QED) is 0.632. The number of Topliss-reactive ketones (excluding diaryl/α,β-unsaturated/α-hetero) is 1. The second-order valence-electron chi connectivity index (χ2n) is 8.78. The van der Waals surface area contributed by atoms with E-state index in [4.69, 9.17) is 4.74 Å². The molecule has 162 valence electrons. The van der Waals surface area contributed by atoms with Crippen LogP contribution in [0.15, 0.2) is 36.7 Å². The van der Waals surface area contributed by atoms with E-state index < -0.39 is 5.67 Å². The number of pyridine rings is 1. The van der Waals surface area contributed by atoms with Gasteiger partial charge in [0.25, 0.3) is 0 Å². The van der Waals surface area contributed by atoms with Gasteiger partial charge in [-0.3, -0.25) is 14.7 Å². The zero-order valence-corrected chi connectivity index (χ0v) is 18.0. The Morgan fingerprint density at radius 1 is 1.16 bits per heavy atom. The molecule has 2 aliphatic heterocycles. The van der Waals surface area contributed by atoms with Gasteiger partial charge in [0, 0.05) is 55.8 Å². The lowest BCUT2D eigenvalue weighted by Gasteiger charge is -2.42. The van der Waals surface area contributed by atoms with Crippen LogP contribution in [0.3, 0.4) is 0 Å². The van der Waals surface area contributed by atoms with Crippen LogP contribution in [0.25, 0.3) is 22.0 Å². The molecule has 1 aromatic carbocycles. The molecule has 0 spiro atoms. The lowest BCUT2D eigenvalue weighted by molar-refractivity contribution is -0.136. The van der Waals surface area contributed by atoms with Crippen molar-refractivity contribution in [2.24, 2.45) is 7.05 Å². The van der Waals surface area contributed by atoms with Gasteiger partial charge in [-0.15, -0.1) is 0 Å². The molecule has 2 aliphatic rings. The minimum absolute atomic E-state index is 0.0219. The van der Waals surface area contributed by atoms with Crippen molar-refractivity contribution in [1.29, 1.82) is 0 Å². The maximum Gasteiger partial charge on any atom is 0.175 e. The maximum absolute atomic E-state index is 15.4. The predicted octanol–water partition coefficient (Wildman–Crippen LogP) is 3.26. The van der Waals surface area contributed by atoms with E-state index in [-0.39, 0.29) is 25.0 Å². The Bertz CT molecular complexity index is 1130. The molecule has 0 saturated carbocycles. The highest BCUT2D eigenvalue weighted by Crippen LogP contribution is 2.31. The number of ketones is 1. The molecule has 7 heteroatoms. The second kappa shape index (κ2) is 7.80. The van der Waals surface area contributed by atoms with Crippen LogP contribution in [-0.4, -0.2) is 63.2 Å². The van der Waals surface area contributed by atoms with Gasteiger partial charge < -0.3 is 9.30 Å². The molecule has 2 saturated heterocycles. The zero-order valence-electron chi connectivity index (χ0n) is 18.0. The number of fused-ring (bicyclic) bond motifs is 1. The number of likely N-dealkylation sites (tertiary alicyclic amines) is 1. The van der Waals surface area contributed by atoms with Crippen molar-refractivity contribution in [3.63, 3.8) is 0 Å². The van der Waals surface area contributed by atoms with Crippen LogP contribution in [0.4, 0.5) is 4.39 Å². The Kier molecular flexibility index (Phi) is 5.10. The number of imidazole rings is 1. The third-order valence-corrected chi connectivity index (χ3v) is 6.86. The van der Waals surface area contributed by atoms with Crippen molar-refractivity contribution in [2.75, 3.05) is 26.3 Å². The minimum Gasteiger partial charge on any atom is -0.378 e. The molecule has 5 rings (SSSR count). The molecule has 3 aromatic rings. The number of benzene rings is 1. The van der Waals surface area contributed by atoms with E-state index in [0.717, 1.165) is 27.9 Å². The molecule has 0 radical (unpaired) electrons. The summed E-state index contributed by atoms with van der Waals surface area (Å²) in [6, 6.07) is 8.43. The molecule has 0 N–H and O–H groups in total. The van der Waals surface area contributed by atoms with Crippen molar-refractivity contribution >= 4 is 16.6 Å². The standard InChI is InChI=1S/C24H27FN4O2/c1-16-26-13-22(28(16)2)17-3-4-18-12-27-20(10-19(18)9-17)11-23(30)24(25)5-7-29(8-6-24)21-14-31-15-21/h3-4,9-10,12-13,21H,5-8,11,14-15H2,1-2H3. The van der Waals surface area contributed by atoms with E-state index >= 15 is 4.39 Å². The summed E-state index contributed by atoms with van der Waals surface area (Å²) in [5.74, 6) is 0.586. The summed E-state index contributed by atoms with van der Waals surface area (Å²) in [5, 5.41) is 1.98. The highest BCUT2D eigenvalue weighted by atomic mass is 19.1. The first-order chi connectivity index (χ1) is 14.9. The highest BCUT2D eigenvalue weighted by molar-refractivity contribution is 5.91. The lowest BCUT2D eigenvalue weighted by atomic mass is 9.86. The average molecular weight is 423 g/mol. The second-order valence-corrected chi connectivity index (χ2v) is 8.78. The molecular formula is C24H27FN4O2. The summed E-state index contributed by atoms with van der Waals surface area (Å²) in [6.45, 7) is 4.61. The SMILES string of the molecule is Cc1ncc(-c2ccc3cnc(CC(=O)C4(F)CCN(C5COC5)CC4)cc3c2)n1C. The van der Waals surface area contributed by atoms with Crippen molar-refractivity contribution in [1.82, 2.24) is 19.4 Å². The maximum atomic E-state index is 15.4. The number of carbonyl (C=O) groups excluding carboxylic acids is 1. The van der Waals surface area contributed by atoms with Crippen LogP contribution in [-0.2, 0) is 23.0 Å². The molecule has 0 atom stereocenters. The Morgan fingerprint density at radius 3 is 2.58 bits per heavy atom. The third-order valence-electron chi connectivity index (χ3n) is 6.86. The van der Waals surface area contributed by atoms with Gasteiger partial charge in [-0.05, 0) is 24.4 Å². The number of halogens is 1. The van der Waals surface area contributed by atoms with Crippen LogP contribution in [0.2, 0.25) is 0 Å². The third kappa shape index (κ3) is 3.77. The van der Waals surface area contributed by atoms with Gasteiger partial charge in [-0.1, -0.05) is 12.1 Å². The highest BCUT2D eigenvalue weighted by Gasteiger charge is 2.43. The van der Waals surface area contributed by atoms with Crippen molar-refractivity contribution in [2.45, 2.75) is 37.9 Å². The summed E-state index contributed by atoms with van der Waals surface area (Å²) in [7, 11) is 1.99. The molecule has 0 unspecified atom stereocenters. The van der Waals surface area contributed by atoms with Crippen molar-refractivity contribution in [3.05, 3.63) is 48.2 Å². The van der Waals surface area contributed by atoms with E-state index in [1.165, 1.54) is 0 Å². The number of nitrogens with zero attached hydrogens (tertiary/aromatic N) is 4. The van der Waals surface area contributed by atoms with Gasteiger partial charge >= 0.3 is 0 Å². The van der Waals surface area contributed by atoms with Crippen LogP contribution in [0.1, 0.15) is 24.4 Å². The monoisotopic (exact) mass is 422 g/mol. The number of rotatable bonds is 5. The van der Waals surface area contributed by atoms with Crippen molar-refractivity contribution in [3.8, 4) is 11.3 Å². The van der Waals surface area contributed by atoms with Crippen LogP contribution < -0.4 is 0 Å². The fourth-order valence-corrected chi connectivity index (χ4v) is 4.49. The normalized spacial score (nSPS) is 19.5. The summed E-state index contributed by atoms with van der Waals surface area (Å²) in [4.78, 5) is 23.9. The van der Waals surface area contributed by atoms with Gasteiger partial charge in [0.15, 0.2) is 11.5 Å². The molecule has 0 amide bonds. The summed E-state index contributed by atoms with van der Waals surface area (Å²) >= 11 is 0. The van der Waals surface area contributed by atoms with Crippen molar-refractivity contribution < 1.29 is 13.9 Å². The smallest absolute Gasteiger partial charge is 0.175 e. The summed E-state index contributed by atoms with van der Waals surface area (Å²) < 4.78 is 22.7. The molecule has 2 fully saturated rings. The Labute approximate surface area is 181 Å². The van der Waals surface area contributed by atoms with E-state index in [2.05, 4.69) is 20.9 Å². The van der Waals surface area contributed by atoms with E-state index in [1.54, 1.807) is 6.20 Å². The molecule has 4 heterocycles. The van der Waals surface area contributed by atoms with Crippen LogP contribution in [0, 0.1) is 6.92 Å². The first-order valence-electron chi connectivity index (χ1n) is 10.8. The molecule has 0 bridgehead atoms. The zero-order chi connectivity index (χ0) is 21.6. The first-order valence-corrected chi connectivity index (χ1v) is 10.8. The number of aryl methyl sites for hydroxylation is 1. The number of alkyl halides is 1. The van der Waals surface area contributed by atoms with E-state index in [1.807, 2.05) is 42.9 Å². The first kappa shape index (κ1) is 20.3. The topological polar surface area (TPSA) is 60.3 Å². The van der Waals surface area contributed by atoms with Crippen LogP contribution in [0.5, 0.6) is 0 Å². The van der Waals surface area contributed by atoms with Gasteiger partial charge in [0.05, 0.1) is 37.6 Å². The Morgan fingerprint density at radius 2 is 1.94 bits per heavy atom. The molecule has 31 heavy (non-hydrogen) atoms. The van der Waals surface area contributed by atoms with E-state index in [9.17, 15) is 4.79 Å². The number of piperidine rings is 1. The predicted molar refractivity (Wildman–Crippen MR) is 117 cm³/mol. The number of carbonyl (C=O) groups is 1. The largest absolute Gasteiger partial charge is 0.378 e. The van der Waals surface area contributed by atoms with E-state index in [0.29, 0.717) is 38.0 Å². The number of hydrogen-bond acceptors (Lipinski definition) is 5. The Hall–Kier alpha value is -2.64. The average Bonchev–Trinajstić information content (AvgIpc) is 3.06. The molecular weight excluding hydrogens is 395 g/mol. The number of ether oxygens (including phenoxy) is 1. The summed E-state index contributed by atoms with van der Waals surface area (Å²) in [6.07, 6.45) is 4.14. The van der Waals surface area contributed by atoms with Gasteiger partial charge in [0.2, 0.25) is 0 Å². The van der Waals surface area contributed by atoms with Gasteiger partial charge in [0.1, 0.15) is 5.82 Å². The molecule has 6 nitrogen and oxygen atoms in total. The molecule has 2 aromatic heterocycles. The summed E-state index contributed by atoms with van der Waals surface area (Å²) in [5.41, 5.74) is 0.933. The van der Waals surface area contributed by atoms with Crippen LogP contribution >= 0.6 is 0 Å². The Balaban J connectivity index is 1.33. The fourth-order valence-electron chi connectivity index (χ4n) is 4.49. The van der Waals surface area contributed by atoms with Gasteiger partial charge in [-0.2, -0.15) is 0 Å². The lowest BCUT2D eigenvalue weighted by Crippen LogP contribution is -2.55. The number of aromatic nitrogens is 3.